The number of para-hydroxylation sites is 1. The minimum atomic E-state index is -0.414. The number of anilines is 1. The highest BCUT2D eigenvalue weighted by atomic mass is 35.5. The van der Waals surface area contributed by atoms with E-state index in [1.54, 1.807) is 6.92 Å². The molecule has 1 amide bonds. The van der Waals surface area contributed by atoms with Crippen LogP contribution in [0.3, 0.4) is 0 Å². The van der Waals surface area contributed by atoms with Gasteiger partial charge in [0.2, 0.25) is 0 Å². The molecule has 5 rings (SSSR count). The topological polar surface area (TPSA) is 68.3 Å². The molecule has 0 atom stereocenters. The number of hydrogen-bond acceptors (Lipinski definition) is 7. The van der Waals surface area contributed by atoms with Crippen LogP contribution in [-0.2, 0) is 4.74 Å². The highest BCUT2D eigenvalue weighted by Gasteiger charge is 2.26. The molecular weight excluding hydrogens is 496 g/mol. The summed E-state index contributed by atoms with van der Waals surface area (Å²) in [5, 5.41) is 5.55. The van der Waals surface area contributed by atoms with Crippen LogP contribution in [0.1, 0.15) is 31.8 Å². The number of benzene rings is 2. The van der Waals surface area contributed by atoms with Crippen molar-refractivity contribution in [3.8, 4) is 10.6 Å². The van der Waals surface area contributed by atoms with Gasteiger partial charge in [0.1, 0.15) is 19.8 Å². The lowest BCUT2D eigenvalue weighted by atomic mass is 10.1. The van der Waals surface area contributed by atoms with Gasteiger partial charge in [-0.2, -0.15) is 0 Å². The number of aromatic nitrogens is 1. The molecule has 0 aliphatic rings. The number of fused-ring (bicyclic) bond motifs is 2. The van der Waals surface area contributed by atoms with Crippen molar-refractivity contribution in [1.29, 1.82) is 0 Å². The molecule has 9 heteroatoms. The third-order valence-electron chi connectivity index (χ3n) is 5.08. The quantitative estimate of drug-likeness (QED) is 0.246. The van der Waals surface area contributed by atoms with Gasteiger partial charge >= 0.3 is 5.97 Å². The first kappa shape index (κ1) is 22.0. The number of nitrogens with zero attached hydrogens (tertiary/aromatic N) is 1. The molecule has 3 aromatic heterocycles. The summed E-state index contributed by atoms with van der Waals surface area (Å²) in [6.45, 7) is 3.89. The van der Waals surface area contributed by atoms with Crippen molar-refractivity contribution < 1.29 is 14.3 Å². The lowest BCUT2D eigenvalue weighted by Crippen LogP contribution is -2.10. The molecule has 1 N–H and O–H groups in total. The minimum absolute atomic E-state index is 0.270. The maximum Gasteiger partial charge on any atom is 0.348 e. The van der Waals surface area contributed by atoms with Gasteiger partial charge in [-0.15, -0.1) is 34.0 Å². The number of rotatable bonds is 5. The predicted molar refractivity (Wildman–Crippen MR) is 138 cm³/mol. The fraction of sp³-hybridized carbons (Fsp3) is 0.125. The molecule has 0 radical (unpaired) electrons. The van der Waals surface area contributed by atoms with E-state index < -0.39 is 5.97 Å². The van der Waals surface area contributed by atoms with Crippen LogP contribution in [0.25, 0.3) is 30.9 Å². The van der Waals surface area contributed by atoms with E-state index in [1.165, 1.54) is 34.0 Å². The van der Waals surface area contributed by atoms with Crippen molar-refractivity contribution in [3.05, 3.63) is 68.9 Å². The second kappa shape index (κ2) is 8.87. The number of amides is 1. The molecule has 33 heavy (non-hydrogen) atoms. The van der Waals surface area contributed by atoms with E-state index in [0.717, 1.165) is 36.4 Å². The van der Waals surface area contributed by atoms with Gasteiger partial charge in [-0.25, -0.2) is 9.78 Å². The minimum Gasteiger partial charge on any atom is -0.462 e. The first-order valence-corrected chi connectivity index (χ1v) is 13.0. The van der Waals surface area contributed by atoms with Gasteiger partial charge < -0.3 is 10.1 Å². The van der Waals surface area contributed by atoms with E-state index in [2.05, 4.69) is 5.32 Å². The number of carbonyl (C=O) groups is 2. The van der Waals surface area contributed by atoms with Crippen LogP contribution in [0.5, 0.6) is 0 Å². The highest BCUT2D eigenvalue weighted by molar-refractivity contribution is 7.23. The van der Waals surface area contributed by atoms with Crippen molar-refractivity contribution in [1.82, 2.24) is 4.98 Å². The van der Waals surface area contributed by atoms with Gasteiger partial charge in [0.15, 0.2) is 0 Å². The average Bonchev–Trinajstić information content (AvgIpc) is 3.47. The zero-order chi connectivity index (χ0) is 23.1. The van der Waals surface area contributed by atoms with Gasteiger partial charge in [-0.3, -0.25) is 4.79 Å². The van der Waals surface area contributed by atoms with Gasteiger partial charge in [0.25, 0.3) is 5.91 Å². The molecule has 0 bridgehead atoms. The lowest BCUT2D eigenvalue weighted by Gasteiger charge is -2.05. The van der Waals surface area contributed by atoms with Crippen LogP contribution >= 0.6 is 45.6 Å². The van der Waals surface area contributed by atoms with Crippen LogP contribution in [0.2, 0.25) is 5.02 Å². The Morgan fingerprint density at radius 2 is 1.73 bits per heavy atom. The standard InChI is InChI=1S/C24H17ClN2O3S3/c1-3-30-24(29)19-12(2)17(22-26-14-9-5-7-11-16(14)32-22)23(33-19)27-21(28)20-18(25)13-8-4-6-10-15(13)31-20/h4-11H,3H2,1-2H3,(H,27,28). The molecule has 166 valence electrons. The van der Waals surface area contributed by atoms with Crippen molar-refractivity contribution in [3.63, 3.8) is 0 Å². The number of thiazole rings is 1. The molecule has 3 heterocycles. The van der Waals surface area contributed by atoms with Crippen LogP contribution in [-0.4, -0.2) is 23.5 Å². The van der Waals surface area contributed by atoms with Crippen LogP contribution < -0.4 is 5.32 Å². The zero-order valence-electron chi connectivity index (χ0n) is 17.6. The molecule has 5 nitrogen and oxygen atoms in total. The summed E-state index contributed by atoms with van der Waals surface area (Å²) in [7, 11) is 0. The zero-order valence-corrected chi connectivity index (χ0v) is 20.8. The Morgan fingerprint density at radius 3 is 2.45 bits per heavy atom. The van der Waals surface area contributed by atoms with E-state index in [1.807, 2.05) is 55.5 Å². The molecule has 0 spiro atoms. The molecule has 0 unspecified atom stereocenters. The second-order valence-corrected chi connectivity index (χ2v) is 10.6. The Bertz CT molecular complexity index is 1500. The summed E-state index contributed by atoms with van der Waals surface area (Å²) in [5.41, 5.74) is 2.33. The third kappa shape index (κ3) is 3.93. The van der Waals surface area contributed by atoms with Crippen molar-refractivity contribution >= 4 is 82.8 Å². The normalized spacial score (nSPS) is 11.2. The van der Waals surface area contributed by atoms with Gasteiger partial charge in [0, 0.05) is 15.6 Å². The molecule has 0 saturated heterocycles. The monoisotopic (exact) mass is 512 g/mol. The van der Waals surface area contributed by atoms with Crippen molar-refractivity contribution in [2.24, 2.45) is 0 Å². The Balaban J connectivity index is 1.60. The van der Waals surface area contributed by atoms with Crippen LogP contribution in [0, 0.1) is 6.92 Å². The largest absolute Gasteiger partial charge is 0.462 e. The molecule has 2 aromatic carbocycles. The van der Waals surface area contributed by atoms with Gasteiger partial charge in [0.05, 0.1) is 21.8 Å². The predicted octanol–water partition coefficient (Wildman–Crippen LogP) is 7.63. The van der Waals surface area contributed by atoms with E-state index in [0.29, 0.717) is 19.8 Å². The average molecular weight is 513 g/mol. The van der Waals surface area contributed by atoms with Crippen LogP contribution in [0.4, 0.5) is 5.00 Å². The third-order valence-corrected chi connectivity index (χ3v) is 9.00. The summed E-state index contributed by atoms with van der Waals surface area (Å²) in [5.74, 6) is -0.733. The first-order valence-electron chi connectivity index (χ1n) is 10.1. The highest BCUT2D eigenvalue weighted by Crippen LogP contribution is 2.44. The molecule has 5 aromatic rings. The number of halogens is 1. The molecule has 0 saturated carbocycles. The molecule has 0 aliphatic carbocycles. The molecular formula is C24H17ClN2O3S3. The number of carbonyl (C=O) groups excluding carboxylic acids is 2. The number of esters is 1. The van der Waals surface area contributed by atoms with E-state index in [4.69, 9.17) is 21.3 Å². The number of nitrogens with one attached hydrogen (secondary N) is 1. The van der Waals surface area contributed by atoms with Crippen molar-refractivity contribution in [2.75, 3.05) is 11.9 Å². The van der Waals surface area contributed by atoms with Gasteiger partial charge in [-0.05, 0) is 37.6 Å². The number of ether oxygens (including phenoxy) is 1. The summed E-state index contributed by atoms with van der Waals surface area (Å²) < 4.78 is 7.21. The Hall–Kier alpha value is -2.78. The number of hydrogen-bond donors (Lipinski definition) is 1. The Morgan fingerprint density at radius 1 is 1.00 bits per heavy atom. The first-order chi connectivity index (χ1) is 16.0. The number of thiophene rings is 2. The fourth-order valence-electron chi connectivity index (χ4n) is 3.55. The van der Waals surface area contributed by atoms with Crippen LogP contribution in [0.15, 0.2) is 48.5 Å². The summed E-state index contributed by atoms with van der Waals surface area (Å²) in [4.78, 5) is 31.5. The summed E-state index contributed by atoms with van der Waals surface area (Å²) >= 11 is 10.6. The van der Waals surface area contributed by atoms with E-state index in [-0.39, 0.29) is 12.5 Å². The Labute approximate surface area is 206 Å². The smallest absolute Gasteiger partial charge is 0.348 e. The maximum atomic E-state index is 13.3. The van der Waals surface area contributed by atoms with Crippen molar-refractivity contribution in [2.45, 2.75) is 13.8 Å². The van der Waals surface area contributed by atoms with E-state index >= 15 is 0 Å². The summed E-state index contributed by atoms with van der Waals surface area (Å²) in [6.07, 6.45) is 0. The van der Waals surface area contributed by atoms with Gasteiger partial charge in [-0.1, -0.05) is 41.9 Å². The Kier molecular flexibility index (Phi) is 5.92. The SMILES string of the molecule is CCOC(=O)c1sc(NC(=O)c2sc3ccccc3c2Cl)c(-c2nc3ccccc3s2)c1C. The fourth-order valence-corrected chi connectivity index (χ4v) is 7.20. The second-order valence-electron chi connectivity index (χ2n) is 7.16. The summed E-state index contributed by atoms with van der Waals surface area (Å²) in [6, 6.07) is 15.5. The lowest BCUT2D eigenvalue weighted by molar-refractivity contribution is 0.0531. The molecule has 0 fully saturated rings. The maximum absolute atomic E-state index is 13.3. The van der Waals surface area contributed by atoms with E-state index in [9.17, 15) is 9.59 Å². The molecule has 0 aliphatic heterocycles.